The molecule has 0 saturated carbocycles. The summed E-state index contributed by atoms with van der Waals surface area (Å²) in [5.74, 6) is 0.0607. The summed E-state index contributed by atoms with van der Waals surface area (Å²) < 4.78 is 0. The molecule has 1 aliphatic heterocycles. The lowest BCUT2D eigenvalue weighted by atomic mass is 10.2. The fourth-order valence-electron chi connectivity index (χ4n) is 2.16. The lowest BCUT2D eigenvalue weighted by Gasteiger charge is -2.23. The zero-order chi connectivity index (χ0) is 12.3. The molecular formula is C12H19N3OS. The lowest BCUT2D eigenvalue weighted by Crippen LogP contribution is -2.41. The SMILES string of the molecule is CCN(CC1CCCN1)C(=O)c1csc(C)n1. The van der Waals surface area contributed by atoms with Crippen LogP contribution in [0, 0.1) is 6.92 Å². The molecular weight excluding hydrogens is 234 g/mol. The van der Waals surface area contributed by atoms with Gasteiger partial charge in [0, 0.05) is 24.5 Å². The number of aromatic nitrogens is 1. The van der Waals surface area contributed by atoms with Crippen LogP contribution in [-0.2, 0) is 0 Å². The van der Waals surface area contributed by atoms with Gasteiger partial charge in [0.15, 0.2) is 0 Å². The smallest absolute Gasteiger partial charge is 0.273 e. The van der Waals surface area contributed by atoms with E-state index in [0.717, 1.165) is 24.6 Å². The van der Waals surface area contributed by atoms with Gasteiger partial charge in [-0.05, 0) is 33.2 Å². The molecule has 0 aromatic carbocycles. The van der Waals surface area contributed by atoms with Gasteiger partial charge in [-0.15, -0.1) is 11.3 Å². The number of hydrogen-bond acceptors (Lipinski definition) is 4. The van der Waals surface area contributed by atoms with E-state index in [-0.39, 0.29) is 5.91 Å². The van der Waals surface area contributed by atoms with Crippen LogP contribution in [-0.4, -0.2) is 41.5 Å². The van der Waals surface area contributed by atoms with E-state index in [4.69, 9.17) is 0 Å². The Morgan fingerprint density at radius 3 is 3.06 bits per heavy atom. The Hall–Kier alpha value is -0.940. The van der Waals surface area contributed by atoms with Crippen molar-refractivity contribution < 1.29 is 4.79 Å². The molecule has 1 amide bonds. The molecule has 1 unspecified atom stereocenters. The first-order valence-corrected chi connectivity index (χ1v) is 7.03. The number of nitrogens with one attached hydrogen (secondary N) is 1. The van der Waals surface area contributed by atoms with Crippen LogP contribution in [0.4, 0.5) is 0 Å². The van der Waals surface area contributed by atoms with Crippen LogP contribution in [0.3, 0.4) is 0 Å². The third-order valence-corrected chi connectivity index (χ3v) is 3.88. The predicted octanol–water partition coefficient (Wildman–Crippen LogP) is 1.67. The molecule has 94 valence electrons. The maximum absolute atomic E-state index is 12.2. The molecule has 0 aliphatic carbocycles. The van der Waals surface area contributed by atoms with Crippen LogP contribution in [0.25, 0.3) is 0 Å². The summed E-state index contributed by atoms with van der Waals surface area (Å²) in [4.78, 5) is 18.4. The van der Waals surface area contributed by atoms with Crippen molar-refractivity contribution in [2.75, 3.05) is 19.6 Å². The third kappa shape index (κ3) is 3.04. The molecule has 0 spiro atoms. The van der Waals surface area contributed by atoms with Gasteiger partial charge in [-0.2, -0.15) is 0 Å². The molecule has 1 N–H and O–H groups in total. The van der Waals surface area contributed by atoms with Crippen LogP contribution in [0.5, 0.6) is 0 Å². The van der Waals surface area contributed by atoms with Gasteiger partial charge in [-0.3, -0.25) is 4.79 Å². The highest BCUT2D eigenvalue weighted by molar-refractivity contribution is 7.09. The fraction of sp³-hybridized carbons (Fsp3) is 0.667. The number of rotatable bonds is 4. The number of likely N-dealkylation sites (N-methyl/N-ethyl adjacent to an activating group) is 1. The van der Waals surface area contributed by atoms with Gasteiger partial charge in [0.05, 0.1) is 5.01 Å². The summed E-state index contributed by atoms with van der Waals surface area (Å²) in [6.45, 7) is 6.56. The lowest BCUT2D eigenvalue weighted by molar-refractivity contribution is 0.0746. The standard InChI is InChI=1S/C12H19N3OS/c1-3-15(7-10-5-4-6-13-10)12(16)11-8-17-9(2)14-11/h8,10,13H,3-7H2,1-2H3. The van der Waals surface area contributed by atoms with Crippen LogP contribution in [0.2, 0.25) is 0 Å². The van der Waals surface area contributed by atoms with Gasteiger partial charge in [-0.1, -0.05) is 0 Å². The van der Waals surface area contributed by atoms with Gasteiger partial charge in [0.2, 0.25) is 0 Å². The Bertz CT molecular complexity index is 385. The first kappa shape index (κ1) is 12.5. The summed E-state index contributed by atoms with van der Waals surface area (Å²) >= 11 is 1.53. The van der Waals surface area contributed by atoms with E-state index >= 15 is 0 Å². The topological polar surface area (TPSA) is 45.2 Å². The number of carbonyl (C=O) groups excluding carboxylic acids is 1. The second-order valence-corrected chi connectivity index (χ2v) is 5.45. The third-order valence-electron chi connectivity index (χ3n) is 3.11. The minimum atomic E-state index is 0.0607. The van der Waals surface area contributed by atoms with Crippen molar-refractivity contribution in [1.29, 1.82) is 0 Å². The second-order valence-electron chi connectivity index (χ2n) is 4.39. The molecule has 1 saturated heterocycles. The van der Waals surface area contributed by atoms with Crippen LogP contribution >= 0.6 is 11.3 Å². The number of aryl methyl sites for hydroxylation is 1. The van der Waals surface area contributed by atoms with Crippen molar-refractivity contribution in [3.63, 3.8) is 0 Å². The van der Waals surface area contributed by atoms with Gasteiger partial charge in [0.25, 0.3) is 5.91 Å². The Labute approximate surface area is 106 Å². The van der Waals surface area contributed by atoms with Crippen LogP contribution in [0.1, 0.15) is 35.3 Å². The minimum Gasteiger partial charge on any atom is -0.336 e. The largest absolute Gasteiger partial charge is 0.336 e. The molecule has 5 heteroatoms. The summed E-state index contributed by atoms with van der Waals surface area (Å²) in [6, 6.07) is 0.457. The number of hydrogen-bond donors (Lipinski definition) is 1. The van der Waals surface area contributed by atoms with E-state index in [1.54, 1.807) is 0 Å². The normalized spacial score (nSPS) is 19.5. The van der Waals surface area contributed by atoms with Gasteiger partial charge < -0.3 is 10.2 Å². The molecule has 1 fully saturated rings. The Morgan fingerprint density at radius 2 is 2.53 bits per heavy atom. The molecule has 4 nitrogen and oxygen atoms in total. The molecule has 1 atom stereocenters. The zero-order valence-corrected chi connectivity index (χ0v) is 11.2. The average Bonchev–Trinajstić information content (AvgIpc) is 2.96. The highest BCUT2D eigenvalue weighted by atomic mass is 32.1. The summed E-state index contributed by atoms with van der Waals surface area (Å²) in [5.41, 5.74) is 0.590. The molecule has 0 bridgehead atoms. The van der Waals surface area contributed by atoms with Gasteiger partial charge >= 0.3 is 0 Å². The molecule has 2 heterocycles. The summed E-state index contributed by atoms with van der Waals surface area (Å²) in [5, 5.41) is 6.22. The summed E-state index contributed by atoms with van der Waals surface area (Å²) in [6.07, 6.45) is 2.38. The highest BCUT2D eigenvalue weighted by Gasteiger charge is 2.22. The van der Waals surface area contributed by atoms with E-state index < -0.39 is 0 Å². The van der Waals surface area contributed by atoms with Crippen molar-refractivity contribution >= 4 is 17.2 Å². The maximum atomic E-state index is 12.2. The van der Waals surface area contributed by atoms with E-state index in [1.165, 1.54) is 24.2 Å². The first-order chi connectivity index (χ1) is 8.20. The maximum Gasteiger partial charge on any atom is 0.273 e. The highest BCUT2D eigenvalue weighted by Crippen LogP contribution is 2.13. The van der Waals surface area contributed by atoms with Gasteiger partial charge in [-0.25, -0.2) is 4.98 Å². The predicted molar refractivity (Wildman–Crippen MR) is 69.5 cm³/mol. The van der Waals surface area contributed by atoms with Crippen LogP contribution < -0.4 is 5.32 Å². The van der Waals surface area contributed by atoms with E-state index in [9.17, 15) is 4.79 Å². The van der Waals surface area contributed by atoms with Gasteiger partial charge in [0.1, 0.15) is 5.69 Å². The van der Waals surface area contributed by atoms with Crippen molar-refractivity contribution in [3.8, 4) is 0 Å². The van der Waals surface area contributed by atoms with E-state index in [1.807, 2.05) is 24.1 Å². The number of thiazole rings is 1. The monoisotopic (exact) mass is 253 g/mol. The molecule has 1 aromatic heterocycles. The fourth-order valence-corrected chi connectivity index (χ4v) is 2.74. The van der Waals surface area contributed by atoms with E-state index in [2.05, 4.69) is 10.3 Å². The number of carbonyl (C=O) groups is 1. The first-order valence-electron chi connectivity index (χ1n) is 6.15. The second kappa shape index (κ2) is 5.60. The Morgan fingerprint density at radius 1 is 1.71 bits per heavy atom. The zero-order valence-electron chi connectivity index (χ0n) is 10.4. The molecule has 0 radical (unpaired) electrons. The number of nitrogens with zero attached hydrogens (tertiary/aromatic N) is 2. The Kier molecular flexibility index (Phi) is 4.12. The Balaban J connectivity index is 1.99. The average molecular weight is 253 g/mol. The molecule has 17 heavy (non-hydrogen) atoms. The van der Waals surface area contributed by atoms with Crippen molar-refractivity contribution in [2.45, 2.75) is 32.7 Å². The number of amides is 1. The van der Waals surface area contributed by atoms with Crippen molar-refractivity contribution in [1.82, 2.24) is 15.2 Å². The van der Waals surface area contributed by atoms with E-state index in [0.29, 0.717) is 11.7 Å². The van der Waals surface area contributed by atoms with Crippen molar-refractivity contribution in [2.24, 2.45) is 0 Å². The summed E-state index contributed by atoms with van der Waals surface area (Å²) in [7, 11) is 0. The quantitative estimate of drug-likeness (QED) is 0.887. The molecule has 2 rings (SSSR count). The van der Waals surface area contributed by atoms with Crippen molar-refractivity contribution in [3.05, 3.63) is 16.1 Å². The molecule has 1 aromatic rings. The van der Waals surface area contributed by atoms with Crippen LogP contribution in [0.15, 0.2) is 5.38 Å². The minimum absolute atomic E-state index is 0.0607. The molecule has 1 aliphatic rings.